The van der Waals surface area contributed by atoms with Crippen LogP contribution in [0.5, 0.6) is 0 Å². The zero-order valence-electron chi connectivity index (χ0n) is 21.6. The largest absolute Gasteiger partial charge is 0.352 e. The minimum Gasteiger partial charge on any atom is -0.352 e. The summed E-state index contributed by atoms with van der Waals surface area (Å²) in [6.07, 6.45) is 1.73. The average Bonchev–Trinajstić information content (AvgIpc) is 3.09. The van der Waals surface area contributed by atoms with E-state index in [4.69, 9.17) is 5.73 Å². The summed E-state index contributed by atoms with van der Waals surface area (Å²) >= 11 is 4.26. The van der Waals surface area contributed by atoms with Crippen LogP contribution in [0.15, 0.2) is 12.2 Å². The summed E-state index contributed by atoms with van der Waals surface area (Å²) in [6.45, 7) is 5.87. The van der Waals surface area contributed by atoms with Crippen LogP contribution in [0, 0.1) is 5.92 Å². The molecule has 1 aliphatic rings. The summed E-state index contributed by atoms with van der Waals surface area (Å²) in [5, 5.41) is 5.13. The normalized spacial score (nSPS) is 16.2. The second-order valence-corrected chi connectivity index (χ2v) is 12.3. The predicted octanol–water partition coefficient (Wildman–Crippen LogP) is -1.09. The number of urea groups is 1. The Labute approximate surface area is 226 Å². The monoisotopic (exact) mass is 577 g/mol. The van der Waals surface area contributed by atoms with E-state index in [1.165, 1.54) is 13.8 Å². The van der Waals surface area contributed by atoms with Crippen LogP contribution in [0.25, 0.3) is 0 Å². The lowest BCUT2D eigenvalue weighted by Crippen LogP contribution is -2.57. The van der Waals surface area contributed by atoms with Crippen LogP contribution in [-0.4, -0.2) is 88.5 Å². The molecule has 14 nitrogen and oxygen atoms in total. The number of rotatable bonds is 15. The van der Waals surface area contributed by atoms with Crippen molar-refractivity contribution in [2.75, 3.05) is 13.1 Å². The van der Waals surface area contributed by atoms with E-state index in [0.717, 1.165) is 12.2 Å². The molecule has 1 aliphatic heterocycles. The van der Waals surface area contributed by atoms with Gasteiger partial charge in [0.25, 0.3) is 21.9 Å². The Morgan fingerprint density at radius 3 is 2.05 bits per heavy atom. The van der Waals surface area contributed by atoms with Gasteiger partial charge in [-0.3, -0.25) is 33.4 Å². The minimum atomic E-state index is -4.99. The van der Waals surface area contributed by atoms with E-state index in [0.29, 0.717) is 4.90 Å². The Morgan fingerprint density at radius 1 is 1.05 bits per heavy atom. The first-order valence-corrected chi connectivity index (χ1v) is 13.7. The predicted molar refractivity (Wildman–Crippen MR) is 139 cm³/mol. The molecule has 214 valence electrons. The number of thiol groups is 1. The lowest BCUT2D eigenvalue weighted by atomic mass is 9.95. The first-order valence-electron chi connectivity index (χ1n) is 11.8. The van der Waals surface area contributed by atoms with Crippen molar-refractivity contribution in [3.63, 3.8) is 0 Å². The average molecular weight is 578 g/mol. The van der Waals surface area contributed by atoms with Crippen LogP contribution in [0.3, 0.4) is 0 Å². The number of nitrogens with two attached hydrogens (primary N) is 1. The van der Waals surface area contributed by atoms with Crippen molar-refractivity contribution >= 4 is 58.2 Å². The molecule has 0 aromatic heterocycles. The number of imide groups is 1. The molecule has 0 fully saturated rings. The molecule has 38 heavy (non-hydrogen) atoms. The molecule has 0 saturated carbocycles. The molecule has 16 heteroatoms. The molecule has 0 unspecified atom stereocenters. The number of Topliss-reactive ketones (excluding diaryl/α,β-unsaturated/α-hetero) is 1. The summed E-state index contributed by atoms with van der Waals surface area (Å²) in [5.74, 6) is -4.43. The van der Waals surface area contributed by atoms with Gasteiger partial charge < -0.3 is 21.7 Å². The number of nitrogens with zero attached hydrogens (tertiary/aromatic N) is 1. The summed E-state index contributed by atoms with van der Waals surface area (Å²) in [7, 11) is -4.99. The van der Waals surface area contributed by atoms with Gasteiger partial charge in [-0.15, -0.1) is 0 Å². The number of ketones is 1. The summed E-state index contributed by atoms with van der Waals surface area (Å²) < 4.78 is 32.4. The van der Waals surface area contributed by atoms with E-state index in [-0.39, 0.29) is 19.4 Å². The first-order chi connectivity index (χ1) is 17.4. The van der Waals surface area contributed by atoms with Crippen molar-refractivity contribution in [1.29, 1.82) is 0 Å². The minimum absolute atomic E-state index is 0.104. The zero-order valence-corrected chi connectivity index (χ0v) is 23.3. The maximum atomic E-state index is 13.1. The van der Waals surface area contributed by atoms with Crippen LogP contribution in [0.2, 0.25) is 0 Å². The van der Waals surface area contributed by atoms with Gasteiger partial charge in [-0.25, -0.2) is 4.79 Å². The van der Waals surface area contributed by atoms with Crippen LogP contribution < -0.4 is 21.7 Å². The molecule has 0 spiro atoms. The van der Waals surface area contributed by atoms with Crippen LogP contribution in [0.4, 0.5) is 4.79 Å². The van der Waals surface area contributed by atoms with E-state index < -0.39 is 86.5 Å². The molecule has 0 radical (unpaired) electrons. The highest BCUT2D eigenvalue weighted by Gasteiger charge is 2.38. The van der Waals surface area contributed by atoms with E-state index in [9.17, 15) is 41.7 Å². The van der Waals surface area contributed by atoms with Crippen molar-refractivity contribution in [2.24, 2.45) is 11.7 Å². The van der Waals surface area contributed by atoms with Gasteiger partial charge in [0, 0.05) is 25.2 Å². The molecule has 0 aromatic rings. The number of carbonyl (C=O) groups excluding carboxylic acids is 6. The van der Waals surface area contributed by atoms with Crippen molar-refractivity contribution in [3.8, 4) is 0 Å². The van der Waals surface area contributed by atoms with Gasteiger partial charge in [0.05, 0.1) is 10.8 Å². The van der Waals surface area contributed by atoms with Crippen LogP contribution in [-0.2, 0) is 34.1 Å². The number of carbonyl (C=O) groups is 6. The van der Waals surface area contributed by atoms with Gasteiger partial charge in [0.1, 0.15) is 6.04 Å². The Hall–Kier alpha value is -2.98. The highest BCUT2D eigenvalue weighted by molar-refractivity contribution is 7.87. The Bertz CT molecular complexity index is 1070. The standard InChI is InChI=1S/C22H35N5O9S2/c1-12(2)17(20(32)25-13(18(30)22(3,4)37)6-5-10-24-21(23)33)26-19(31)14(38(34,35)36)9-11-27-15(28)7-8-16(27)29/h7-8,12-14,17,37H,5-6,9-11H2,1-4H3,(H,25,32)(H,26,31)(H3,23,24,33)(H,34,35,36)/t13-,14+,17-/m0/s1. The summed E-state index contributed by atoms with van der Waals surface area (Å²) in [6, 6.07) is -3.12. The van der Waals surface area contributed by atoms with Crippen molar-refractivity contribution in [2.45, 2.75) is 69.0 Å². The third kappa shape index (κ3) is 10.1. The van der Waals surface area contributed by atoms with E-state index >= 15 is 0 Å². The number of nitrogens with one attached hydrogen (secondary N) is 3. The second-order valence-electron chi connectivity index (χ2n) is 9.60. The number of hydrogen-bond donors (Lipinski definition) is 6. The third-order valence-corrected chi connectivity index (χ3v) is 7.01. The fourth-order valence-electron chi connectivity index (χ4n) is 3.57. The van der Waals surface area contributed by atoms with Gasteiger partial charge >= 0.3 is 6.03 Å². The van der Waals surface area contributed by atoms with E-state index in [1.54, 1.807) is 13.8 Å². The van der Waals surface area contributed by atoms with Gasteiger partial charge in [0.15, 0.2) is 11.0 Å². The molecule has 6 N–H and O–H groups in total. The SMILES string of the molecule is CC(C)[C@H](NC(=O)[C@@H](CCN1C(=O)C=CC1=O)S(=O)(=O)O)C(=O)N[C@@H](CCCNC(N)=O)C(=O)C(C)(C)S. The maximum absolute atomic E-state index is 13.1. The van der Waals surface area contributed by atoms with Crippen LogP contribution in [0.1, 0.15) is 47.0 Å². The number of hydrogen-bond acceptors (Lipinski definition) is 9. The zero-order chi connectivity index (χ0) is 29.4. The molecule has 6 amide bonds. The Morgan fingerprint density at radius 2 is 1.61 bits per heavy atom. The molecule has 0 bridgehead atoms. The number of amides is 6. The topological polar surface area (TPSA) is 222 Å². The quantitative estimate of drug-likeness (QED) is 0.0601. The highest BCUT2D eigenvalue weighted by Crippen LogP contribution is 2.18. The summed E-state index contributed by atoms with van der Waals surface area (Å²) in [4.78, 5) is 73.9. The van der Waals surface area contributed by atoms with Crippen LogP contribution >= 0.6 is 12.6 Å². The maximum Gasteiger partial charge on any atom is 0.312 e. The first kappa shape index (κ1) is 33.0. The van der Waals surface area contributed by atoms with Crippen molar-refractivity contribution < 1.29 is 41.7 Å². The van der Waals surface area contributed by atoms with Crippen molar-refractivity contribution in [3.05, 3.63) is 12.2 Å². The lowest BCUT2D eigenvalue weighted by molar-refractivity contribution is -0.137. The fourth-order valence-corrected chi connectivity index (χ4v) is 4.47. The third-order valence-electron chi connectivity index (χ3n) is 5.62. The van der Waals surface area contributed by atoms with Crippen molar-refractivity contribution in [1.82, 2.24) is 20.9 Å². The molecule has 1 rings (SSSR count). The molecular weight excluding hydrogens is 542 g/mol. The smallest absolute Gasteiger partial charge is 0.312 e. The van der Waals surface area contributed by atoms with E-state index in [1.807, 2.05) is 0 Å². The van der Waals surface area contributed by atoms with Gasteiger partial charge in [-0.05, 0) is 39.0 Å². The fraction of sp³-hybridized carbons (Fsp3) is 0.636. The highest BCUT2D eigenvalue weighted by atomic mass is 32.2. The molecule has 0 aliphatic carbocycles. The van der Waals surface area contributed by atoms with Gasteiger partial charge in [0.2, 0.25) is 11.8 Å². The van der Waals surface area contributed by atoms with Gasteiger partial charge in [-0.2, -0.15) is 21.0 Å². The summed E-state index contributed by atoms with van der Waals surface area (Å²) in [5.41, 5.74) is 5.03. The lowest BCUT2D eigenvalue weighted by Gasteiger charge is -2.29. The number of primary amides is 1. The van der Waals surface area contributed by atoms with E-state index in [2.05, 4.69) is 28.6 Å². The molecular formula is C22H35N5O9S2. The Balaban J connectivity index is 3.02. The van der Waals surface area contributed by atoms with Gasteiger partial charge in [-0.1, -0.05) is 13.8 Å². The molecule has 3 atom stereocenters. The second kappa shape index (κ2) is 13.7. The molecule has 1 heterocycles. The Kier molecular flexibility index (Phi) is 11.9. The molecule has 0 aromatic carbocycles. The molecule has 0 saturated heterocycles.